The van der Waals surface area contributed by atoms with Crippen molar-refractivity contribution in [2.75, 3.05) is 6.79 Å². The van der Waals surface area contributed by atoms with Gasteiger partial charge in [-0.3, -0.25) is 0 Å². The summed E-state index contributed by atoms with van der Waals surface area (Å²) in [4.78, 5) is 0. The number of unbranched alkanes of at least 4 members (excludes halogenated alkanes) is 2. The van der Waals surface area contributed by atoms with Crippen LogP contribution in [0.2, 0.25) is 0 Å². The number of hydrogen-bond acceptors (Lipinski definition) is 3. The van der Waals surface area contributed by atoms with Crippen molar-refractivity contribution in [2.45, 2.75) is 38.6 Å². The lowest BCUT2D eigenvalue weighted by molar-refractivity contribution is 0.173. The monoisotopic (exact) mass is 221 g/mol. The van der Waals surface area contributed by atoms with Crippen molar-refractivity contribution >= 4 is 0 Å². The fourth-order valence-electron chi connectivity index (χ4n) is 2.01. The lowest BCUT2D eigenvalue weighted by atomic mass is 10.00. The highest BCUT2D eigenvalue weighted by molar-refractivity contribution is 5.49. The number of benzene rings is 1. The molecule has 1 aromatic rings. The molecule has 2 rings (SSSR count). The Labute approximate surface area is 96.5 Å². The normalized spacial score (nSPS) is 15.1. The van der Waals surface area contributed by atoms with Gasteiger partial charge < -0.3 is 15.2 Å². The second-order valence-electron chi connectivity index (χ2n) is 4.18. The van der Waals surface area contributed by atoms with Gasteiger partial charge in [0, 0.05) is 11.6 Å². The Morgan fingerprint density at radius 3 is 3.00 bits per heavy atom. The van der Waals surface area contributed by atoms with E-state index < -0.39 is 0 Å². The first-order valence-corrected chi connectivity index (χ1v) is 5.97. The molecule has 2 N–H and O–H groups in total. The van der Waals surface area contributed by atoms with E-state index in [1.54, 1.807) is 0 Å². The summed E-state index contributed by atoms with van der Waals surface area (Å²) in [6, 6.07) is 5.99. The maximum absolute atomic E-state index is 6.17. The van der Waals surface area contributed by atoms with Crippen LogP contribution < -0.4 is 15.2 Å². The van der Waals surface area contributed by atoms with Crippen LogP contribution in [-0.2, 0) is 0 Å². The molecule has 1 aliphatic heterocycles. The van der Waals surface area contributed by atoms with Gasteiger partial charge in [-0.2, -0.15) is 0 Å². The second kappa shape index (κ2) is 5.21. The minimum atomic E-state index is 0.0585. The van der Waals surface area contributed by atoms with Crippen molar-refractivity contribution in [1.82, 2.24) is 0 Å². The average Bonchev–Trinajstić information content (AvgIpc) is 2.76. The maximum atomic E-state index is 6.17. The summed E-state index contributed by atoms with van der Waals surface area (Å²) in [5.41, 5.74) is 7.25. The van der Waals surface area contributed by atoms with Gasteiger partial charge in [0.1, 0.15) is 0 Å². The molecule has 0 saturated heterocycles. The van der Waals surface area contributed by atoms with Gasteiger partial charge >= 0.3 is 0 Å². The summed E-state index contributed by atoms with van der Waals surface area (Å²) in [5, 5.41) is 0. The Bertz CT molecular complexity index is 352. The van der Waals surface area contributed by atoms with Gasteiger partial charge in [-0.25, -0.2) is 0 Å². The molecule has 0 bridgehead atoms. The zero-order valence-corrected chi connectivity index (χ0v) is 9.74. The van der Waals surface area contributed by atoms with E-state index in [1.807, 2.05) is 18.2 Å². The molecular formula is C13H19NO2. The molecule has 1 aromatic carbocycles. The van der Waals surface area contributed by atoms with E-state index >= 15 is 0 Å². The summed E-state index contributed by atoms with van der Waals surface area (Å²) >= 11 is 0. The van der Waals surface area contributed by atoms with Crippen molar-refractivity contribution in [3.8, 4) is 11.5 Å². The van der Waals surface area contributed by atoms with Crippen LogP contribution >= 0.6 is 0 Å². The molecule has 3 nitrogen and oxygen atoms in total. The number of hydrogen-bond donors (Lipinski definition) is 1. The van der Waals surface area contributed by atoms with E-state index in [-0.39, 0.29) is 6.04 Å². The summed E-state index contributed by atoms with van der Waals surface area (Å²) in [5.74, 6) is 1.66. The molecule has 88 valence electrons. The van der Waals surface area contributed by atoms with Gasteiger partial charge in [-0.05, 0) is 12.5 Å². The van der Waals surface area contributed by atoms with Crippen molar-refractivity contribution < 1.29 is 9.47 Å². The van der Waals surface area contributed by atoms with Crippen LogP contribution in [0.25, 0.3) is 0 Å². The van der Waals surface area contributed by atoms with E-state index in [0.717, 1.165) is 23.5 Å². The molecular weight excluding hydrogens is 202 g/mol. The minimum Gasteiger partial charge on any atom is -0.454 e. The highest BCUT2D eigenvalue weighted by atomic mass is 16.7. The topological polar surface area (TPSA) is 44.5 Å². The van der Waals surface area contributed by atoms with Crippen molar-refractivity contribution in [2.24, 2.45) is 5.73 Å². The molecule has 1 atom stereocenters. The second-order valence-corrected chi connectivity index (χ2v) is 4.18. The lowest BCUT2D eigenvalue weighted by Gasteiger charge is -2.13. The van der Waals surface area contributed by atoms with Gasteiger partial charge in [0.2, 0.25) is 6.79 Å². The van der Waals surface area contributed by atoms with Crippen LogP contribution in [0.3, 0.4) is 0 Å². The molecule has 0 radical (unpaired) electrons. The zero-order valence-electron chi connectivity index (χ0n) is 9.74. The predicted molar refractivity (Wildman–Crippen MR) is 63.6 cm³/mol. The van der Waals surface area contributed by atoms with Crippen LogP contribution in [0, 0.1) is 0 Å². The largest absolute Gasteiger partial charge is 0.454 e. The molecule has 0 saturated carbocycles. The number of fused-ring (bicyclic) bond motifs is 1. The Hall–Kier alpha value is -1.22. The van der Waals surface area contributed by atoms with Crippen LogP contribution in [-0.4, -0.2) is 6.79 Å². The van der Waals surface area contributed by atoms with Crippen LogP contribution in [0.4, 0.5) is 0 Å². The lowest BCUT2D eigenvalue weighted by Crippen LogP contribution is -2.11. The number of ether oxygens (including phenoxy) is 2. The third-order valence-electron chi connectivity index (χ3n) is 2.95. The zero-order chi connectivity index (χ0) is 11.4. The highest BCUT2D eigenvalue weighted by Crippen LogP contribution is 2.38. The third kappa shape index (κ3) is 2.30. The Balaban J connectivity index is 2.05. The van der Waals surface area contributed by atoms with Crippen LogP contribution in [0.5, 0.6) is 11.5 Å². The van der Waals surface area contributed by atoms with Gasteiger partial charge in [-0.15, -0.1) is 0 Å². The van der Waals surface area contributed by atoms with Gasteiger partial charge in [0.05, 0.1) is 0 Å². The first kappa shape index (κ1) is 11.3. The predicted octanol–water partition coefficient (Wildman–Crippen LogP) is 3.00. The fraction of sp³-hybridized carbons (Fsp3) is 0.538. The molecule has 1 heterocycles. The molecule has 0 spiro atoms. The molecule has 0 aromatic heterocycles. The van der Waals surface area contributed by atoms with Crippen molar-refractivity contribution in [1.29, 1.82) is 0 Å². The first-order chi connectivity index (χ1) is 7.83. The minimum absolute atomic E-state index is 0.0585. The Morgan fingerprint density at radius 2 is 2.19 bits per heavy atom. The van der Waals surface area contributed by atoms with E-state index in [4.69, 9.17) is 15.2 Å². The maximum Gasteiger partial charge on any atom is 0.231 e. The van der Waals surface area contributed by atoms with Crippen LogP contribution in [0.15, 0.2) is 18.2 Å². The fourth-order valence-corrected chi connectivity index (χ4v) is 2.01. The van der Waals surface area contributed by atoms with Gasteiger partial charge in [0.15, 0.2) is 11.5 Å². The highest BCUT2D eigenvalue weighted by Gasteiger charge is 2.20. The van der Waals surface area contributed by atoms with E-state index in [0.29, 0.717) is 6.79 Å². The van der Waals surface area contributed by atoms with Crippen molar-refractivity contribution in [3.05, 3.63) is 23.8 Å². The summed E-state index contributed by atoms with van der Waals surface area (Å²) in [7, 11) is 0. The summed E-state index contributed by atoms with van der Waals surface area (Å²) < 4.78 is 10.8. The van der Waals surface area contributed by atoms with E-state index in [2.05, 4.69) is 6.92 Å². The molecule has 0 aliphatic carbocycles. The number of para-hydroxylation sites is 1. The molecule has 3 heteroatoms. The van der Waals surface area contributed by atoms with Crippen molar-refractivity contribution in [3.63, 3.8) is 0 Å². The summed E-state index contributed by atoms with van der Waals surface area (Å²) in [6.45, 7) is 2.51. The number of rotatable bonds is 5. The number of nitrogens with two attached hydrogens (primary N) is 1. The first-order valence-electron chi connectivity index (χ1n) is 5.97. The molecule has 1 unspecified atom stereocenters. The smallest absolute Gasteiger partial charge is 0.231 e. The quantitative estimate of drug-likeness (QED) is 0.777. The van der Waals surface area contributed by atoms with Gasteiger partial charge in [0.25, 0.3) is 0 Å². The molecule has 0 fully saturated rings. The summed E-state index contributed by atoms with van der Waals surface area (Å²) in [6.07, 6.45) is 4.63. The molecule has 0 amide bonds. The van der Waals surface area contributed by atoms with Crippen LogP contribution in [0.1, 0.15) is 44.2 Å². The SMILES string of the molecule is CCCCCC(N)c1cccc2c1OCO2. The van der Waals surface area contributed by atoms with E-state index in [1.165, 1.54) is 19.3 Å². The van der Waals surface area contributed by atoms with E-state index in [9.17, 15) is 0 Å². The Kier molecular flexibility index (Phi) is 3.67. The Morgan fingerprint density at radius 1 is 1.31 bits per heavy atom. The van der Waals surface area contributed by atoms with Gasteiger partial charge in [-0.1, -0.05) is 38.3 Å². The molecule has 16 heavy (non-hydrogen) atoms. The molecule has 1 aliphatic rings. The average molecular weight is 221 g/mol. The third-order valence-corrected chi connectivity index (χ3v) is 2.95. The standard InChI is InChI=1S/C13H19NO2/c1-2-3-4-7-11(14)10-6-5-8-12-13(10)16-9-15-12/h5-6,8,11H,2-4,7,9,14H2,1H3.